The lowest BCUT2D eigenvalue weighted by molar-refractivity contribution is -0.145. The Hall–Kier alpha value is -1.39. The van der Waals surface area contributed by atoms with Gasteiger partial charge in [-0.2, -0.15) is 0 Å². The summed E-state index contributed by atoms with van der Waals surface area (Å²) in [6.07, 6.45) is 2.10. The van der Waals surface area contributed by atoms with Crippen LogP contribution in [-0.2, 0) is 9.53 Å². The first-order valence-electron chi connectivity index (χ1n) is 7.75. The maximum Gasteiger partial charge on any atom is 0.242 e. The summed E-state index contributed by atoms with van der Waals surface area (Å²) < 4.78 is 5.88. The van der Waals surface area contributed by atoms with E-state index in [2.05, 4.69) is 19.1 Å². The Labute approximate surface area is 126 Å². The molecule has 2 atom stereocenters. The number of carbonyl (C=O) groups is 1. The lowest BCUT2D eigenvalue weighted by Gasteiger charge is -2.38. The predicted molar refractivity (Wildman–Crippen MR) is 81.8 cm³/mol. The van der Waals surface area contributed by atoms with Crippen LogP contribution in [0.1, 0.15) is 37.0 Å². The quantitative estimate of drug-likeness (QED) is 0.926. The zero-order chi connectivity index (χ0) is 15.0. The van der Waals surface area contributed by atoms with Crippen molar-refractivity contribution in [2.45, 2.75) is 38.3 Å². The number of carbonyl (C=O) groups excluding carboxylic acids is 1. The number of aryl methyl sites for hydroxylation is 1. The second-order valence-corrected chi connectivity index (χ2v) is 6.52. The van der Waals surface area contributed by atoms with E-state index < -0.39 is 5.54 Å². The van der Waals surface area contributed by atoms with E-state index in [4.69, 9.17) is 10.5 Å². The van der Waals surface area contributed by atoms with Crippen molar-refractivity contribution in [3.63, 3.8) is 0 Å². The summed E-state index contributed by atoms with van der Waals surface area (Å²) >= 11 is 0. The average molecular weight is 288 g/mol. The monoisotopic (exact) mass is 288 g/mol. The molecule has 1 saturated heterocycles. The van der Waals surface area contributed by atoms with E-state index >= 15 is 0 Å². The molecule has 1 aromatic rings. The molecule has 1 amide bonds. The van der Waals surface area contributed by atoms with E-state index in [1.54, 1.807) is 0 Å². The van der Waals surface area contributed by atoms with Gasteiger partial charge in [-0.3, -0.25) is 4.79 Å². The van der Waals surface area contributed by atoms with Crippen molar-refractivity contribution in [3.05, 3.63) is 35.4 Å². The fourth-order valence-electron chi connectivity index (χ4n) is 3.17. The van der Waals surface area contributed by atoms with Gasteiger partial charge in [-0.1, -0.05) is 24.3 Å². The Morgan fingerprint density at radius 2 is 2.10 bits per heavy atom. The highest BCUT2D eigenvalue weighted by molar-refractivity contribution is 5.86. The van der Waals surface area contributed by atoms with Crippen molar-refractivity contribution in [2.24, 2.45) is 11.7 Å². The highest BCUT2D eigenvalue weighted by Gasteiger charge is 2.46. The van der Waals surface area contributed by atoms with Gasteiger partial charge in [0.25, 0.3) is 0 Å². The minimum absolute atomic E-state index is 0.0427. The zero-order valence-corrected chi connectivity index (χ0v) is 12.8. The van der Waals surface area contributed by atoms with Gasteiger partial charge in [0.1, 0.15) is 6.10 Å². The number of ether oxygens (including phenoxy) is 1. The fourth-order valence-corrected chi connectivity index (χ4v) is 3.17. The standard InChI is InChI=1S/C17H24N2O2/c1-12-5-3-4-6-14(12)15-11-19(9-10-21-15)16(20)17(2,18)13-7-8-13/h3-6,13,15H,7-11,18H2,1-2H3. The van der Waals surface area contributed by atoms with Crippen molar-refractivity contribution in [3.8, 4) is 0 Å². The third kappa shape index (κ3) is 2.83. The molecule has 1 aromatic carbocycles. The Morgan fingerprint density at radius 3 is 2.76 bits per heavy atom. The van der Waals surface area contributed by atoms with Crippen LogP contribution in [0.3, 0.4) is 0 Å². The number of rotatable bonds is 3. The number of hydrogen-bond acceptors (Lipinski definition) is 3. The number of nitrogens with zero attached hydrogens (tertiary/aromatic N) is 1. The summed E-state index contributed by atoms with van der Waals surface area (Å²) in [5.41, 5.74) is 7.93. The van der Waals surface area contributed by atoms with Crippen LogP contribution in [0.5, 0.6) is 0 Å². The van der Waals surface area contributed by atoms with E-state index in [0.29, 0.717) is 25.6 Å². The van der Waals surface area contributed by atoms with Crippen LogP contribution in [-0.4, -0.2) is 36.0 Å². The molecule has 3 rings (SSSR count). The molecule has 1 saturated carbocycles. The number of morpholine rings is 1. The second-order valence-electron chi connectivity index (χ2n) is 6.52. The van der Waals surface area contributed by atoms with Gasteiger partial charge in [0.2, 0.25) is 5.91 Å². The zero-order valence-electron chi connectivity index (χ0n) is 12.8. The third-order valence-corrected chi connectivity index (χ3v) is 4.78. The molecule has 4 nitrogen and oxygen atoms in total. The number of amides is 1. The summed E-state index contributed by atoms with van der Waals surface area (Å²) in [5, 5.41) is 0. The molecule has 0 bridgehead atoms. The van der Waals surface area contributed by atoms with Crippen LogP contribution in [0.4, 0.5) is 0 Å². The molecular formula is C17H24N2O2. The first-order valence-corrected chi connectivity index (χ1v) is 7.75. The van der Waals surface area contributed by atoms with Crippen molar-refractivity contribution >= 4 is 5.91 Å². The van der Waals surface area contributed by atoms with Gasteiger partial charge in [0.05, 0.1) is 18.7 Å². The largest absolute Gasteiger partial charge is 0.370 e. The third-order valence-electron chi connectivity index (χ3n) is 4.78. The molecule has 1 heterocycles. The Balaban J connectivity index is 1.74. The van der Waals surface area contributed by atoms with Crippen LogP contribution in [0.25, 0.3) is 0 Å². The molecule has 4 heteroatoms. The minimum Gasteiger partial charge on any atom is -0.370 e. The summed E-state index contributed by atoms with van der Waals surface area (Å²) in [6.45, 7) is 5.78. The molecule has 114 valence electrons. The normalized spacial score (nSPS) is 25.5. The van der Waals surface area contributed by atoms with Crippen LogP contribution in [0, 0.1) is 12.8 Å². The summed E-state index contributed by atoms with van der Waals surface area (Å²) in [7, 11) is 0. The summed E-state index contributed by atoms with van der Waals surface area (Å²) in [6, 6.07) is 8.20. The molecule has 2 unspecified atom stereocenters. The van der Waals surface area contributed by atoms with Crippen LogP contribution in [0.15, 0.2) is 24.3 Å². The van der Waals surface area contributed by atoms with Crippen molar-refractivity contribution in [2.75, 3.05) is 19.7 Å². The second kappa shape index (κ2) is 5.43. The van der Waals surface area contributed by atoms with Crippen LogP contribution in [0.2, 0.25) is 0 Å². The first kappa shape index (κ1) is 14.5. The molecule has 2 aliphatic rings. The lowest BCUT2D eigenvalue weighted by Crippen LogP contribution is -2.57. The molecular weight excluding hydrogens is 264 g/mol. The van der Waals surface area contributed by atoms with Crippen molar-refractivity contribution < 1.29 is 9.53 Å². The summed E-state index contributed by atoms with van der Waals surface area (Å²) in [4.78, 5) is 14.6. The Morgan fingerprint density at radius 1 is 1.38 bits per heavy atom. The van der Waals surface area contributed by atoms with E-state index in [9.17, 15) is 4.79 Å². The highest BCUT2D eigenvalue weighted by Crippen LogP contribution is 2.39. The fraction of sp³-hybridized carbons (Fsp3) is 0.588. The molecule has 0 spiro atoms. The van der Waals surface area contributed by atoms with Crippen molar-refractivity contribution in [1.82, 2.24) is 4.90 Å². The SMILES string of the molecule is Cc1ccccc1C1CN(C(=O)C(C)(N)C2CC2)CCO1. The van der Waals surface area contributed by atoms with Gasteiger partial charge in [-0.15, -0.1) is 0 Å². The Bertz CT molecular complexity index is 537. The van der Waals surface area contributed by atoms with Crippen molar-refractivity contribution in [1.29, 1.82) is 0 Å². The molecule has 2 fully saturated rings. The topological polar surface area (TPSA) is 55.6 Å². The molecule has 0 radical (unpaired) electrons. The smallest absolute Gasteiger partial charge is 0.242 e. The number of nitrogens with two attached hydrogens (primary N) is 1. The molecule has 1 aliphatic heterocycles. The van der Waals surface area contributed by atoms with E-state index in [1.807, 2.05) is 24.0 Å². The highest BCUT2D eigenvalue weighted by atomic mass is 16.5. The van der Waals surface area contributed by atoms with Gasteiger partial charge in [0, 0.05) is 6.54 Å². The van der Waals surface area contributed by atoms with Gasteiger partial charge in [0.15, 0.2) is 0 Å². The van der Waals surface area contributed by atoms with Crippen LogP contribution < -0.4 is 5.73 Å². The van der Waals surface area contributed by atoms with Gasteiger partial charge in [-0.05, 0) is 43.7 Å². The Kier molecular flexibility index (Phi) is 3.76. The number of benzene rings is 1. The van der Waals surface area contributed by atoms with E-state index in [0.717, 1.165) is 12.8 Å². The van der Waals surface area contributed by atoms with Crippen LogP contribution >= 0.6 is 0 Å². The van der Waals surface area contributed by atoms with Gasteiger partial charge >= 0.3 is 0 Å². The minimum atomic E-state index is -0.715. The molecule has 21 heavy (non-hydrogen) atoms. The van der Waals surface area contributed by atoms with Gasteiger partial charge in [-0.25, -0.2) is 0 Å². The molecule has 1 aliphatic carbocycles. The molecule has 0 aromatic heterocycles. The maximum atomic E-state index is 12.7. The first-order chi connectivity index (χ1) is 10.00. The lowest BCUT2D eigenvalue weighted by atomic mass is 9.94. The predicted octanol–water partition coefficient (Wildman–Crippen LogP) is 2.02. The van der Waals surface area contributed by atoms with Gasteiger partial charge < -0.3 is 15.4 Å². The summed E-state index contributed by atoms with van der Waals surface area (Å²) in [5.74, 6) is 0.427. The maximum absolute atomic E-state index is 12.7. The molecule has 2 N–H and O–H groups in total. The average Bonchev–Trinajstić information content (AvgIpc) is 3.32. The van der Waals surface area contributed by atoms with E-state index in [1.165, 1.54) is 11.1 Å². The number of hydrogen-bond donors (Lipinski definition) is 1. The van der Waals surface area contributed by atoms with E-state index in [-0.39, 0.29) is 12.0 Å².